The van der Waals surface area contributed by atoms with E-state index in [2.05, 4.69) is 14.9 Å². The molecular formula is C16H16N4. The predicted molar refractivity (Wildman–Crippen MR) is 82.5 cm³/mol. The number of rotatable bonds is 3. The van der Waals surface area contributed by atoms with E-state index < -0.39 is 0 Å². The molecule has 0 atom stereocenters. The monoisotopic (exact) mass is 264 g/mol. The van der Waals surface area contributed by atoms with E-state index in [0.717, 1.165) is 34.6 Å². The van der Waals surface area contributed by atoms with Gasteiger partial charge >= 0.3 is 0 Å². The molecule has 0 unspecified atom stereocenters. The molecule has 0 radical (unpaired) electrons. The molecule has 0 aliphatic rings. The molecule has 0 aliphatic carbocycles. The van der Waals surface area contributed by atoms with Gasteiger partial charge in [0.05, 0.1) is 17.8 Å². The van der Waals surface area contributed by atoms with Crippen molar-refractivity contribution in [2.24, 2.45) is 0 Å². The Bertz CT molecular complexity index is 725. The molecule has 4 nitrogen and oxygen atoms in total. The van der Waals surface area contributed by atoms with Crippen LogP contribution in [0.3, 0.4) is 0 Å². The van der Waals surface area contributed by atoms with Crippen molar-refractivity contribution in [2.45, 2.75) is 6.54 Å². The molecule has 100 valence electrons. The molecule has 2 aromatic heterocycles. The number of aromatic nitrogens is 2. The first kappa shape index (κ1) is 12.4. The number of nitrogen functional groups attached to an aromatic ring is 1. The Kier molecular flexibility index (Phi) is 3.21. The van der Waals surface area contributed by atoms with E-state index in [-0.39, 0.29) is 0 Å². The zero-order valence-corrected chi connectivity index (χ0v) is 11.3. The minimum absolute atomic E-state index is 0.730. The number of benzene rings is 1. The van der Waals surface area contributed by atoms with Crippen LogP contribution in [-0.2, 0) is 6.54 Å². The van der Waals surface area contributed by atoms with E-state index in [1.807, 2.05) is 55.6 Å². The van der Waals surface area contributed by atoms with Gasteiger partial charge in [0, 0.05) is 24.3 Å². The van der Waals surface area contributed by atoms with E-state index in [4.69, 9.17) is 5.73 Å². The van der Waals surface area contributed by atoms with Crippen LogP contribution in [0, 0.1) is 0 Å². The SMILES string of the molecule is CN(Cc1ccccn1)c1ccc2cc(N)ccc2n1. The van der Waals surface area contributed by atoms with Crippen molar-refractivity contribution in [1.29, 1.82) is 0 Å². The van der Waals surface area contributed by atoms with E-state index >= 15 is 0 Å². The number of fused-ring (bicyclic) bond motifs is 1. The summed E-state index contributed by atoms with van der Waals surface area (Å²) in [5, 5.41) is 1.06. The van der Waals surface area contributed by atoms with Crippen molar-refractivity contribution in [3.8, 4) is 0 Å². The maximum atomic E-state index is 5.78. The van der Waals surface area contributed by atoms with Crippen LogP contribution in [-0.4, -0.2) is 17.0 Å². The largest absolute Gasteiger partial charge is 0.399 e. The molecule has 0 saturated heterocycles. The van der Waals surface area contributed by atoms with Crippen LogP contribution in [0.15, 0.2) is 54.7 Å². The molecule has 2 N–H and O–H groups in total. The lowest BCUT2D eigenvalue weighted by atomic mass is 10.2. The second-order valence-electron chi connectivity index (χ2n) is 4.80. The summed E-state index contributed by atoms with van der Waals surface area (Å²) in [6.45, 7) is 0.730. The fraction of sp³-hybridized carbons (Fsp3) is 0.125. The van der Waals surface area contributed by atoms with E-state index in [0.29, 0.717) is 0 Å². The van der Waals surface area contributed by atoms with Crippen LogP contribution in [0.25, 0.3) is 10.9 Å². The van der Waals surface area contributed by atoms with Crippen LogP contribution in [0.2, 0.25) is 0 Å². The van der Waals surface area contributed by atoms with Gasteiger partial charge in [0.1, 0.15) is 5.82 Å². The van der Waals surface area contributed by atoms with E-state index in [1.165, 1.54) is 0 Å². The number of hydrogen-bond donors (Lipinski definition) is 1. The van der Waals surface area contributed by atoms with Gasteiger partial charge in [0.15, 0.2) is 0 Å². The molecule has 4 heteroatoms. The predicted octanol–water partition coefficient (Wildman–Crippen LogP) is 2.85. The first-order valence-corrected chi connectivity index (χ1v) is 6.50. The molecular weight excluding hydrogens is 248 g/mol. The summed E-state index contributed by atoms with van der Waals surface area (Å²) in [6, 6.07) is 15.7. The zero-order valence-electron chi connectivity index (χ0n) is 11.3. The smallest absolute Gasteiger partial charge is 0.129 e. The van der Waals surface area contributed by atoms with Gasteiger partial charge in [-0.2, -0.15) is 0 Å². The van der Waals surface area contributed by atoms with Gasteiger partial charge in [-0.1, -0.05) is 6.07 Å². The topological polar surface area (TPSA) is 55.0 Å². The lowest BCUT2D eigenvalue weighted by Gasteiger charge is -2.18. The van der Waals surface area contributed by atoms with Crippen molar-refractivity contribution in [1.82, 2.24) is 9.97 Å². The summed E-state index contributed by atoms with van der Waals surface area (Å²) in [5.74, 6) is 0.924. The minimum atomic E-state index is 0.730. The Labute approximate surface area is 117 Å². The first-order valence-electron chi connectivity index (χ1n) is 6.50. The number of pyridine rings is 2. The fourth-order valence-corrected chi connectivity index (χ4v) is 2.16. The van der Waals surface area contributed by atoms with Gasteiger partial charge in [-0.3, -0.25) is 4.98 Å². The Morgan fingerprint density at radius 3 is 2.80 bits per heavy atom. The summed E-state index contributed by atoms with van der Waals surface area (Å²) in [7, 11) is 2.01. The molecule has 20 heavy (non-hydrogen) atoms. The maximum absolute atomic E-state index is 5.78. The lowest BCUT2D eigenvalue weighted by molar-refractivity contribution is 0.869. The molecule has 3 aromatic rings. The average Bonchev–Trinajstić information content (AvgIpc) is 2.47. The molecule has 1 aromatic carbocycles. The Morgan fingerprint density at radius 1 is 1.10 bits per heavy atom. The quantitative estimate of drug-likeness (QED) is 0.739. The summed E-state index contributed by atoms with van der Waals surface area (Å²) >= 11 is 0. The van der Waals surface area contributed by atoms with Gasteiger partial charge < -0.3 is 10.6 Å². The van der Waals surface area contributed by atoms with Crippen molar-refractivity contribution in [3.63, 3.8) is 0 Å². The Balaban J connectivity index is 1.88. The number of hydrogen-bond acceptors (Lipinski definition) is 4. The standard InChI is InChI=1S/C16H16N4/c1-20(11-14-4-2-3-9-18-14)16-8-5-12-10-13(17)6-7-15(12)19-16/h2-10H,11,17H2,1H3. The number of nitrogens with zero attached hydrogens (tertiary/aromatic N) is 3. The molecule has 0 spiro atoms. The van der Waals surface area contributed by atoms with Crippen molar-refractivity contribution in [3.05, 3.63) is 60.4 Å². The molecule has 2 heterocycles. The van der Waals surface area contributed by atoms with Gasteiger partial charge in [-0.15, -0.1) is 0 Å². The van der Waals surface area contributed by atoms with Gasteiger partial charge in [0.2, 0.25) is 0 Å². The summed E-state index contributed by atoms with van der Waals surface area (Å²) in [5.41, 5.74) is 8.51. The van der Waals surface area contributed by atoms with Crippen LogP contribution < -0.4 is 10.6 Å². The highest BCUT2D eigenvalue weighted by atomic mass is 15.2. The van der Waals surface area contributed by atoms with Crippen molar-refractivity contribution >= 4 is 22.4 Å². The fourth-order valence-electron chi connectivity index (χ4n) is 2.16. The third-order valence-electron chi connectivity index (χ3n) is 3.21. The summed E-state index contributed by atoms with van der Waals surface area (Å²) < 4.78 is 0. The van der Waals surface area contributed by atoms with E-state index in [9.17, 15) is 0 Å². The third-order valence-corrected chi connectivity index (χ3v) is 3.21. The highest BCUT2D eigenvalue weighted by Gasteiger charge is 2.05. The summed E-state index contributed by atoms with van der Waals surface area (Å²) in [6.07, 6.45) is 1.81. The maximum Gasteiger partial charge on any atom is 0.129 e. The molecule has 0 fully saturated rings. The number of anilines is 2. The second-order valence-corrected chi connectivity index (χ2v) is 4.80. The molecule has 0 saturated carbocycles. The average molecular weight is 264 g/mol. The molecule has 0 aliphatic heterocycles. The Hall–Kier alpha value is -2.62. The zero-order chi connectivity index (χ0) is 13.9. The van der Waals surface area contributed by atoms with Crippen molar-refractivity contribution in [2.75, 3.05) is 17.7 Å². The summed E-state index contributed by atoms with van der Waals surface area (Å²) in [4.78, 5) is 11.1. The van der Waals surface area contributed by atoms with Gasteiger partial charge in [0.25, 0.3) is 0 Å². The van der Waals surface area contributed by atoms with E-state index in [1.54, 1.807) is 6.20 Å². The minimum Gasteiger partial charge on any atom is -0.399 e. The Morgan fingerprint density at radius 2 is 2.00 bits per heavy atom. The molecule has 0 bridgehead atoms. The highest BCUT2D eigenvalue weighted by molar-refractivity contribution is 5.83. The lowest BCUT2D eigenvalue weighted by Crippen LogP contribution is -2.18. The van der Waals surface area contributed by atoms with Crippen LogP contribution >= 0.6 is 0 Å². The van der Waals surface area contributed by atoms with Gasteiger partial charge in [-0.05, 0) is 42.5 Å². The first-order chi connectivity index (χ1) is 9.72. The third kappa shape index (κ3) is 2.54. The second kappa shape index (κ2) is 5.17. The van der Waals surface area contributed by atoms with Crippen LogP contribution in [0.1, 0.15) is 5.69 Å². The van der Waals surface area contributed by atoms with Crippen LogP contribution in [0.4, 0.5) is 11.5 Å². The van der Waals surface area contributed by atoms with Crippen LogP contribution in [0.5, 0.6) is 0 Å². The van der Waals surface area contributed by atoms with Gasteiger partial charge in [-0.25, -0.2) is 4.98 Å². The normalized spacial score (nSPS) is 10.7. The molecule has 3 rings (SSSR count). The molecule has 0 amide bonds. The number of nitrogens with two attached hydrogens (primary N) is 1. The highest BCUT2D eigenvalue weighted by Crippen LogP contribution is 2.20. The van der Waals surface area contributed by atoms with Crippen molar-refractivity contribution < 1.29 is 0 Å².